The Bertz CT molecular complexity index is 487. The van der Waals surface area contributed by atoms with E-state index in [-0.39, 0.29) is 0 Å². The molecule has 1 N–H and O–H groups in total. The molecule has 0 aromatic heterocycles. The standard InChI is InChI=1S/C17H19OSi/c1-17(2,18)13-14-19(15-9-5-3-6-10-15)16-11-7-4-8-12-16/h3-14,18H,1-2H3. The first-order valence-electron chi connectivity index (χ1n) is 6.46. The Morgan fingerprint density at radius 2 is 1.26 bits per heavy atom. The van der Waals surface area contributed by atoms with Crippen molar-refractivity contribution < 1.29 is 5.11 Å². The van der Waals surface area contributed by atoms with Gasteiger partial charge in [0.05, 0.1) is 5.60 Å². The minimum absolute atomic E-state index is 0.764. The summed E-state index contributed by atoms with van der Waals surface area (Å²) >= 11 is 0. The van der Waals surface area contributed by atoms with Gasteiger partial charge in [-0.25, -0.2) is 0 Å². The average molecular weight is 267 g/mol. The van der Waals surface area contributed by atoms with Gasteiger partial charge >= 0.3 is 0 Å². The fourth-order valence-electron chi connectivity index (χ4n) is 1.88. The van der Waals surface area contributed by atoms with E-state index in [1.807, 2.05) is 18.2 Å². The molecule has 2 rings (SSSR count). The average Bonchev–Trinajstić information content (AvgIpc) is 2.40. The number of benzene rings is 2. The molecule has 0 saturated carbocycles. The van der Waals surface area contributed by atoms with Gasteiger partial charge < -0.3 is 5.11 Å². The van der Waals surface area contributed by atoms with Gasteiger partial charge in [-0.3, -0.25) is 0 Å². The Balaban J connectivity index is 2.38. The molecule has 0 amide bonds. The molecule has 0 heterocycles. The smallest absolute Gasteiger partial charge is 0.146 e. The van der Waals surface area contributed by atoms with Crippen LogP contribution in [0.15, 0.2) is 72.4 Å². The first kappa shape index (κ1) is 13.8. The third kappa shape index (κ3) is 4.19. The van der Waals surface area contributed by atoms with Crippen LogP contribution in [-0.2, 0) is 0 Å². The van der Waals surface area contributed by atoms with Gasteiger partial charge in [0.25, 0.3) is 0 Å². The highest BCUT2D eigenvalue weighted by molar-refractivity contribution is 6.89. The second-order valence-corrected chi connectivity index (χ2v) is 7.45. The zero-order chi connectivity index (χ0) is 13.7. The van der Waals surface area contributed by atoms with Gasteiger partial charge in [-0.05, 0) is 13.8 Å². The van der Waals surface area contributed by atoms with Crippen molar-refractivity contribution in [1.29, 1.82) is 0 Å². The van der Waals surface area contributed by atoms with Crippen LogP contribution in [0.25, 0.3) is 0 Å². The molecule has 0 unspecified atom stereocenters. The number of hydrogen-bond acceptors (Lipinski definition) is 1. The van der Waals surface area contributed by atoms with Crippen LogP contribution in [-0.4, -0.2) is 19.5 Å². The summed E-state index contributed by atoms with van der Waals surface area (Å²) in [6, 6.07) is 21.0. The minimum Gasteiger partial charge on any atom is -0.386 e. The topological polar surface area (TPSA) is 20.2 Å². The second kappa shape index (κ2) is 6.00. The van der Waals surface area contributed by atoms with Gasteiger partial charge in [0.1, 0.15) is 8.80 Å². The predicted molar refractivity (Wildman–Crippen MR) is 83.3 cm³/mol. The first-order chi connectivity index (χ1) is 9.06. The van der Waals surface area contributed by atoms with Gasteiger partial charge in [-0.15, -0.1) is 0 Å². The lowest BCUT2D eigenvalue weighted by atomic mass is 10.1. The minimum atomic E-state index is -0.973. The van der Waals surface area contributed by atoms with E-state index in [0.29, 0.717) is 0 Å². The molecule has 97 valence electrons. The molecule has 0 atom stereocenters. The lowest BCUT2D eigenvalue weighted by molar-refractivity contribution is 0.133. The quantitative estimate of drug-likeness (QED) is 0.842. The molecule has 19 heavy (non-hydrogen) atoms. The van der Waals surface area contributed by atoms with Crippen molar-refractivity contribution in [2.24, 2.45) is 0 Å². The van der Waals surface area contributed by atoms with E-state index in [9.17, 15) is 5.11 Å². The van der Waals surface area contributed by atoms with Gasteiger partial charge in [0.15, 0.2) is 0 Å². The lowest BCUT2D eigenvalue weighted by Crippen LogP contribution is -2.41. The van der Waals surface area contributed by atoms with Gasteiger partial charge in [0, 0.05) is 0 Å². The maximum absolute atomic E-state index is 9.89. The molecule has 2 heteroatoms. The number of hydrogen-bond donors (Lipinski definition) is 1. The van der Waals surface area contributed by atoms with E-state index in [4.69, 9.17) is 0 Å². The molecular formula is C17H19OSi. The fraction of sp³-hybridized carbons (Fsp3) is 0.176. The Hall–Kier alpha value is -1.64. The van der Waals surface area contributed by atoms with Crippen LogP contribution in [0.2, 0.25) is 0 Å². The molecule has 0 aliphatic heterocycles. The van der Waals surface area contributed by atoms with E-state index in [1.165, 1.54) is 10.4 Å². The summed E-state index contributed by atoms with van der Waals surface area (Å²) in [5.41, 5.74) is 1.41. The highest BCUT2D eigenvalue weighted by Crippen LogP contribution is 2.04. The summed E-state index contributed by atoms with van der Waals surface area (Å²) in [5, 5.41) is 12.6. The molecule has 0 spiro atoms. The molecule has 1 radical (unpaired) electrons. The molecule has 2 aromatic carbocycles. The van der Waals surface area contributed by atoms with Gasteiger partial charge in [-0.1, -0.05) is 82.8 Å². The monoisotopic (exact) mass is 267 g/mol. The summed E-state index contributed by atoms with van der Waals surface area (Å²) in [7, 11) is -0.973. The molecule has 1 nitrogen and oxygen atoms in total. The largest absolute Gasteiger partial charge is 0.386 e. The fourth-order valence-corrected chi connectivity index (χ4v) is 4.28. The van der Waals surface area contributed by atoms with Crippen LogP contribution in [0.1, 0.15) is 13.8 Å². The number of aliphatic hydroxyl groups is 1. The maximum atomic E-state index is 9.89. The van der Waals surface area contributed by atoms with Crippen molar-refractivity contribution in [1.82, 2.24) is 0 Å². The Morgan fingerprint density at radius 3 is 1.63 bits per heavy atom. The summed E-state index contributed by atoms with van der Waals surface area (Å²) < 4.78 is 0. The van der Waals surface area contributed by atoms with Crippen molar-refractivity contribution in [2.75, 3.05) is 0 Å². The van der Waals surface area contributed by atoms with E-state index in [2.05, 4.69) is 54.2 Å². The Kier molecular flexibility index (Phi) is 4.35. The molecule has 0 saturated heterocycles. The van der Waals surface area contributed by atoms with Crippen LogP contribution in [0.3, 0.4) is 0 Å². The van der Waals surface area contributed by atoms with Gasteiger partial charge in [0.2, 0.25) is 0 Å². The van der Waals surface area contributed by atoms with Crippen molar-refractivity contribution in [3.63, 3.8) is 0 Å². The summed E-state index contributed by atoms with van der Waals surface area (Å²) in [4.78, 5) is 0. The summed E-state index contributed by atoms with van der Waals surface area (Å²) in [5.74, 6) is 0. The van der Waals surface area contributed by atoms with Crippen molar-refractivity contribution in [2.45, 2.75) is 19.4 Å². The van der Waals surface area contributed by atoms with E-state index in [0.717, 1.165) is 0 Å². The maximum Gasteiger partial charge on any atom is 0.146 e. The molecule has 2 aromatic rings. The van der Waals surface area contributed by atoms with Crippen molar-refractivity contribution in [3.8, 4) is 0 Å². The van der Waals surface area contributed by atoms with Gasteiger partial charge in [-0.2, -0.15) is 0 Å². The molecule has 0 bridgehead atoms. The van der Waals surface area contributed by atoms with Crippen LogP contribution in [0, 0.1) is 0 Å². The number of rotatable bonds is 4. The van der Waals surface area contributed by atoms with E-state index >= 15 is 0 Å². The highest BCUT2D eigenvalue weighted by atomic mass is 28.3. The summed E-state index contributed by atoms with van der Waals surface area (Å²) in [6.07, 6.45) is 1.90. The normalized spacial score (nSPS) is 12.2. The van der Waals surface area contributed by atoms with Crippen molar-refractivity contribution >= 4 is 19.2 Å². The second-order valence-electron chi connectivity index (χ2n) is 5.13. The third-order valence-electron chi connectivity index (χ3n) is 2.83. The van der Waals surface area contributed by atoms with E-state index in [1.54, 1.807) is 13.8 Å². The van der Waals surface area contributed by atoms with Crippen LogP contribution in [0.4, 0.5) is 0 Å². The molecule has 0 aliphatic rings. The highest BCUT2D eigenvalue weighted by Gasteiger charge is 2.15. The van der Waals surface area contributed by atoms with Crippen molar-refractivity contribution in [3.05, 3.63) is 72.4 Å². The molecule has 0 fully saturated rings. The Labute approximate surface area is 116 Å². The van der Waals surface area contributed by atoms with Crippen LogP contribution >= 0.6 is 0 Å². The first-order valence-corrected chi connectivity index (χ1v) is 8.03. The molecule has 0 aliphatic carbocycles. The van der Waals surface area contributed by atoms with Crippen LogP contribution in [0.5, 0.6) is 0 Å². The zero-order valence-corrected chi connectivity index (χ0v) is 12.4. The third-order valence-corrected chi connectivity index (χ3v) is 5.24. The Morgan fingerprint density at radius 1 is 0.842 bits per heavy atom. The zero-order valence-electron chi connectivity index (χ0n) is 11.4. The summed E-state index contributed by atoms with van der Waals surface area (Å²) in [6.45, 7) is 3.61. The molecular weight excluding hydrogens is 248 g/mol. The van der Waals surface area contributed by atoms with E-state index < -0.39 is 14.4 Å². The predicted octanol–water partition coefficient (Wildman–Crippen LogP) is 2.16. The SMILES string of the molecule is CC(C)(O)C=C[Si](c1ccccc1)c1ccccc1. The lowest BCUT2D eigenvalue weighted by Gasteiger charge is -2.15. The van der Waals surface area contributed by atoms with Crippen LogP contribution < -0.4 is 10.4 Å².